The molecule has 1 fully saturated rings. The average molecular weight is 158 g/mol. The average Bonchev–Trinajstić information content (AvgIpc) is 1.83. The molecule has 0 aliphatic carbocycles. The van der Waals surface area contributed by atoms with Crippen LogP contribution < -0.4 is 0 Å². The summed E-state index contributed by atoms with van der Waals surface area (Å²) in [6.45, 7) is 8.43. The Hall–Kier alpha value is -0.0800. The standard InChI is InChI=1S/C9H18O2/c1-5-8-10-7(2)6-9(3,4)11-8/h7-8H,5-6H2,1-4H3/t7-,8-/m0/s1. The van der Waals surface area contributed by atoms with Crippen molar-refractivity contribution >= 4 is 0 Å². The zero-order chi connectivity index (χ0) is 8.48. The van der Waals surface area contributed by atoms with E-state index in [9.17, 15) is 0 Å². The van der Waals surface area contributed by atoms with E-state index >= 15 is 0 Å². The van der Waals surface area contributed by atoms with Gasteiger partial charge in [0, 0.05) is 6.42 Å². The molecule has 1 heterocycles. The lowest BCUT2D eigenvalue weighted by Crippen LogP contribution is -2.42. The first-order valence-corrected chi connectivity index (χ1v) is 4.37. The maximum absolute atomic E-state index is 5.67. The van der Waals surface area contributed by atoms with Gasteiger partial charge in [-0.25, -0.2) is 0 Å². The molecule has 1 aliphatic heterocycles. The molecular formula is C9H18O2. The highest BCUT2D eigenvalue weighted by Gasteiger charge is 2.32. The normalized spacial score (nSPS) is 37.1. The second-order valence-corrected chi connectivity index (χ2v) is 3.87. The van der Waals surface area contributed by atoms with Crippen molar-refractivity contribution in [3.05, 3.63) is 0 Å². The first-order valence-electron chi connectivity index (χ1n) is 4.37. The Morgan fingerprint density at radius 2 is 2.09 bits per heavy atom. The lowest BCUT2D eigenvalue weighted by Gasteiger charge is -2.39. The molecule has 2 nitrogen and oxygen atoms in total. The molecule has 0 spiro atoms. The van der Waals surface area contributed by atoms with Gasteiger partial charge in [0.25, 0.3) is 0 Å². The Labute approximate surface area is 68.9 Å². The fraction of sp³-hybridized carbons (Fsp3) is 1.00. The van der Waals surface area contributed by atoms with Gasteiger partial charge < -0.3 is 9.47 Å². The summed E-state index contributed by atoms with van der Waals surface area (Å²) in [7, 11) is 0. The van der Waals surface area contributed by atoms with Crippen molar-refractivity contribution in [3.8, 4) is 0 Å². The summed E-state index contributed by atoms with van der Waals surface area (Å²) in [6, 6.07) is 0. The van der Waals surface area contributed by atoms with Crippen LogP contribution >= 0.6 is 0 Å². The molecule has 0 bridgehead atoms. The van der Waals surface area contributed by atoms with E-state index in [-0.39, 0.29) is 11.9 Å². The summed E-state index contributed by atoms with van der Waals surface area (Å²) >= 11 is 0. The van der Waals surface area contributed by atoms with Crippen LogP contribution in [-0.2, 0) is 9.47 Å². The third-order valence-electron chi connectivity index (χ3n) is 1.95. The minimum Gasteiger partial charge on any atom is -0.350 e. The minimum absolute atomic E-state index is 0.00164. The Kier molecular flexibility index (Phi) is 2.55. The Bertz CT molecular complexity index is 132. The summed E-state index contributed by atoms with van der Waals surface area (Å²) < 4.78 is 11.2. The molecule has 0 aromatic heterocycles. The van der Waals surface area contributed by atoms with Gasteiger partial charge in [0.15, 0.2) is 6.29 Å². The predicted octanol–water partition coefficient (Wildman–Crippen LogP) is 2.33. The van der Waals surface area contributed by atoms with Gasteiger partial charge in [0.2, 0.25) is 0 Å². The molecular weight excluding hydrogens is 140 g/mol. The van der Waals surface area contributed by atoms with Crippen molar-refractivity contribution in [2.24, 2.45) is 0 Å². The van der Waals surface area contributed by atoms with Crippen LogP contribution in [0.3, 0.4) is 0 Å². The number of hydrogen-bond acceptors (Lipinski definition) is 2. The number of ether oxygens (including phenoxy) is 2. The third-order valence-corrected chi connectivity index (χ3v) is 1.95. The van der Waals surface area contributed by atoms with Crippen molar-refractivity contribution in [1.82, 2.24) is 0 Å². The summed E-state index contributed by atoms with van der Waals surface area (Å²) in [5.74, 6) is 0. The molecule has 1 saturated heterocycles. The van der Waals surface area contributed by atoms with E-state index < -0.39 is 0 Å². The minimum atomic E-state index is -0.00164. The number of rotatable bonds is 1. The van der Waals surface area contributed by atoms with Gasteiger partial charge in [0.05, 0.1) is 11.7 Å². The molecule has 1 rings (SSSR count). The zero-order valence-electron chi connectivity index (χ0n) is 7.89. The monoisotopic (exact) mass is 158 g/mol. The van der Waals surface area contributed by atoms with Gasteiger partial charge in [0.1, 0.15) is 0 Å². The zero-order valence-corrected chi connectivity index (χ0v) is 7.89. The molecule has 2 heteroatoms. The Morgan fingerprint density at radius 1 is 1.45 bits per heavy atom. The maximum Gasteiger partial charge on any atom is 0.158 e. The highest BCUT2D eigenvalue weighted by atomic mass is 16.7. The molecule has 0 amide bonds. The van der Waals surface area contributed by atoms with Crippen molar-refractivity contribution in [3.63, 3.8) is 0 Å². The quantitative estimate of drug-likeness (QED) is 0.583. The summed E-state index contributed by atoms with van der Waals surface area (Å²) in [4.78, 5) is 0. The Balaban J connectivity index is 2.51. The van der Waals surface area contributed by atoms with E-state index in [1.165, 1.54) is 0 Å². The smallest absolute Gasteiger partial charge is 0.158 e. The van der Waals surface area contributed by atoms with E-state index in [2.05, 4.69) is 27.7 Å². The van der Waals surface area contributed by atoms with E-state index in [1.54, 1.807) is 0 Å². The second-order valence-electron chi connectivity index (χ2n) is 3.87. The highest BCUT2D eigenvalue weighted by molar-refractivity contribution is 4.76. The molecule has 0 aromatic carbocycles. The van der Waals surface area contributed by atoms with Crippen LogP contribution in [0.4, 0.5) is 0 Å². The third kappa shape index (κ3) is 2.46. The molecule has 66 valence electrons. The predicted molar refractivity (Wildman–Crippen MR) is 44.4 cm³/mol. The van der Waals surface area contributed by atoms with Crippen LogP contribution in [0.1, 0.15) is 40.5 Å². The van der Waals surface area contributed by atoms with Crippen molar-refractivity contribution in [2.45, 2.75) is 58.5 Å². The van der Waals surface area contributed by atoms with E-state index in [4.69, 9.17) is 9.47 Å². The van der Waals surface area contributed by atoms with Crippen LogP contribution in [0, 0.1) is 0 Å². The SMILES string of the molecule is CC[C@H]1O[C@@H](C)CC(C)(C)O1. The van der Waals surface area contributed by atoms with E-state index in [0.717, 1.165) is 12.8 Å². The lowest BCUT2D eigenvalue weighted by atomic mass is 10.00. The lowest BCUT2D eigenvalue weighted by molar-refractivity contribution is -0.268. The Morgan fingerprint density at radius 3 is 2.55 bits per heavy atom. The molecule has 0 saturated carbocycles. The van der Waals surface area contributed by atoms with Gasteiger partial charge in [-0.15, -0.1) is 0 Å². The second kappa shape index (κ2) is 3.11. The summed E-state index contributed by atoms with van der Waals surface area (Å²) in [5, 5.41) is 0. The van der Waals surface area contributed by atoms with Crippen LogP contribution in [0.2, 0.25) is 0 Å². The van der Waals surface area contributed by atoms with Crippen molar-refractivity contribution in [2.75, 3.05) is 0 Å². The molecule has 2 atom stereocenters. The van der Waals surface area contributed by atoms with Crippen LogP contribution in [0.25, 0.3) is 0 Å². The molecule has 1 aliphatic rings. The fourth-order valence-corrected chi connectivity index (χ4v) is 1.61. The highest BCUT2D eigenvalue weighted by Crippen LogP contribution is 2.28. The fourth-order valence-electron chi connectivity index (χ4n) is 1.61. The van der Waals surface area contributed by atoms with Gasteiger partial charge in [-0.05, 0) is 27.2 Å². The molecule has 0 aromatic rings. The first kappa shape index (κ1) is 9.01. The van der Waals surface area contributed by atoms with E-state index in [1.807, 2.05) is 0 Å². The van der Waals surface area contributed by atoms with Gasteiger partial charge in [-0.3, -0.25) is 0 Å². The topological polar surface area (TPSA) is 18.5 Å². The summed E-state index contributed by atoms with van der Waals surface area (Å²) in [5.41, 5.74) is -0.00164. The molecule has 0 N–H and O–H groups in total. The van der Waals surface area contributed by atoms with Crippen LogP contribution in [0.15, 0.2) is 0 Å². The van der Waals surface area contributed by atoms with Crippen LogP contribution in [0.5, 0.6) is 0 Å². The molecule has 0 unspecified atom stereocenters. The van der Waals surface area contributed by atoms with Gasteiger partial charge >= 0.3 is 0 Å². The van der Waals surface area contributed by atoms with Crippen molar-refractivity contribution in [1.29, 1.82) is 0 Å². The maximum atomic E-state index is 5.67. The van der Waals surface area contributed by atoms with Gasteiger partial charge in [-0.2, -0.15) is 0 Å². The summed E-state index contributed by atoms with van der Waals surface area (Å²) in [6.07, 6.45) is 2.27. The molecule has 11 heavy (non-hydrogen) atoms. The first-order chi connectivity index (χ1) is 5.03. The largest absolute Gasteiger partial charge is 0.350 e. The van der Waals surface area contributed by atoms with Crippen molar-refractivity contribution < 1.29 is 9.47 Å². The number of hydrogen-bond donors (Lipinski definition) is 0. The van der Waals surface area contributed by atoms with Crippen LogP contribution in [-0.4, -0.2) is 18.0 Å². The van der Waals surface area contributed by atoms with Gasteiger partial charge in [-0.1, -0.05) is 6.92 Å². The van der Waals surface area contributed by atoms with E-state index in [0.29, 0.717) is 6.10 Å². The molecule has 0 radical (unpaired) electrons.